The SMILES string of the molecule is C/C=C/C.CCOP(O)O. The molecule has 0 unspecified atom stereocenters. The van der Waals surface area contributed by atoms with E-state index in [1.54, 1.807) is 6.92 Å². The topological polar surface area (TPSA) is 49.7 Å². The largest absolute Gasteiger partial charge is 0.328 e. The third-order valence-corrected chi connectivity index (χ3v) is 1.07. The van der Waals surface area contributed by atoms with Crippen molar-refractivity contribution in [2.45, 2.75) is 20.8 Å². The zero-order valence-corrected chi connectivity index (χ0v) is 7.51. The summed E-state index contributed by atoms with van der Waals surface area (Å²) in [5.74, 6) is 0. The van der Waals surface area contributed by atoms with Crippen LogP contribution >= 0.6 is 8.60 Å². The molecule has 0 fully saturated rings. The minimum Gasteiger partial charge on any atom is -0.328 e. The van der Waals surface area contributed by atoms with Crippen LogP contribution in [0.1, 0.15) is 20.8 Å². The molecule has 3 nitrogen and oxygen atoms in total. The summed E-state index contributed by atoms with van der Waals surface area (Å²) >= 11 is 0. The third-order valence-electron chi connectivity index (χ3n) is 0.578. The van der Waals surface area contributed by atoms with Crippen molar-refractivity contribution in [1.29, 1.82) is 0 Å². The lowest BCUT2D eigenvalue weighted by Gasteiger charge is -1.95. The van der Waals surface area contributed by atoms with E-state index in [0.29, 0.717) is 6.61 Å². The van der Waals surface area contributed by atoms with Crippen molar-refractivity contribution in [3.05, 3.63) is 12.2 Å². The molecule has 0 saturated carbocycles. The monoisotopic (exact) mass is 166 g/mol. The average Bonchev–Trinajstić information content (AvgIpc) is 1.89. The number of hydrogen-bond acceptors (Lipinski definition) is 3. The summed E-state index contributed by atoms with van der Waals surface area (Å²) in [4.78, 5) is 15.9. The highest BCUT2D eigenvalue weighted by Gasteiger charge is 1.91. The molecule has 0 aromatic carbocycles. The molecule has 0 aromatic rings. The van der Waals surface area contributed by atoms with Gasteiger partial charge in [0.25, 0.3) is 0 Å². The summed E-state index contributed by atoms with van der Waals surface area (Å²) in [6, 6.07) is 0. The van der Waals surface area contributed by atoms with Gasteiger partial charge in [0.15, 0.2) is 0 Å². The second kappa shape index (κ2) is 11.8. The van der Waals surface area contributed by atoms with E-state index in [9.17, 15) is 0 Å². The van der Waals surface area contributed by atoms with Gasteiger partial charge in [0.05, 0.1) is 6.61 Å². The molecule has 0 spiro atoms. The Balaban J connectivity index is 0. The molecule has 0 bridgehead atoms. The van der Waals surface area contributed by atoms with Crippen LogP contribution in [-0.2, 0) is 4.52 Å². The fourth-order valence-corrected chi connectivity index (χ4v) is 0.346. The number of hydrogen-bond donors (Lipinski definition) is 2. The molecule has 0 aromatic heterocycles. The van der Waals surface area contributed by atoms with Gasteiger partial charge in [-0.3, -0.25) is 0 Å². The Morgan fingerprint density at radius 3 is 1.70 bits per heavy atom. The van der Waals surface area contributed by atoms with Crippen LogP contribution in [-0.4, -0.2) is 16.4 Å². The van der Waals surface area contributed by atoms with Gasteiger partial charge in [-0.25, -0.2) is 0 Å². The summed E-state index contributed by atoms with van der Waals surface area (Å²) in [7, 11) is -2.10. The highest BCUT2D eigenvalue weighted by atomic mass is 31.2. The molecule has 0 rings (SSSR count). The Bertz CT molecular complexity index is 69.4. The van der Waals surface area contributed by atoms with Gasteiger partial charge in [0, 0.05) is 0 Å². The maximum Gasteiger partial charge on any atom is 0.327 e. The fourth-order valence-electron chi connectivity index (χ4n) is 0.115. The summed E-state index contributed by atoms with van der Waals surface area (Å²) in [5, 5.41) is 0. The highest BCUT2D eigenvalue weighted by molar-refractivity contribution is 7.39. The van der Waals surface area contributed by atoms with Crippen LogP contribution in [0.3, 0.4) is 0 Å². The lowest BCUT2D eigenvalue weighted by Crippen LogP contribution is -1.78. The summed E-state index contributed by atoms with van der Waals surface area (Å²) < 4.78 is 4.22. The Morgan fingerprint density at radius 1 is 1.30 bits per heavy atom. The van der Waals surface area contributed by atoms with Gasteiger partial charge >= 0.3 is 8.60 Å². The molecule has 2 N–H and O–H groups in total. The van der Waals surface area contributed by atoms with E-state index in [0.717, 1.165) is 0 Å². The quantitative estimate of drug-likeness (QED) is 0.486. The van der Waals surface area contributed by atoms with Crippen molar-refractivity contribution in [2.24, 2.45) is 0 Å². The molecule has 0 aliphatic rings. The van der Waals surface area contributed by atoms with Crippen LogP contribution in [0.4, 0.5) is 0 Å². The van der Waals surface area contributed by atoms with E-state index < -0.39 is 8.60 Å². The first-order chi connectivity index (χ1) is 4.68. The summed E-state index contributed by atoms with van der Waals surface area (Å²) in [5.41, 5.74) is 0. The van der Waals surface area contributed by atoms with E-state index in [4.69, 9.17) is 9.79 Å². The Hall–Kier alpha value is 0.0500. The molecule has 0 amide bonds. The highest BCUT2D eigenvalue weighted by Crippen LogP contribution is 2.22. The standard InChI is InChI=1S/C4H8.C2H7O3P/c1-3-4-2;1-2-5-6(3)4/h3-4H,1-2H3;3-4H,2H2,1H3/b4-3+;. The molecular formula is C6H15O3P. The van der Waals surface area contributed by atoms with E-state index in [1.807, 2.05) is 26.0 Å². The van der Waals surface area contributed by atoms with Crippen LogP contribution in [0.15, 0.2) is 12.2 Å². The zero-order chi connectivity index (χ0) is 8.41. The van der Waals surface area contributed by atoms with Crippen molar-refractivity contribution in [1.82, 2.24) is 0 Å². The first kappa shape index (κ1) is 12.7. The normalized spacial score (nSPS) is 9.80. The van der Waals surface area contributed by atoms with Crippen molar-refractivity contribution < 1.29 is 14.3 Å². The lowest BCUT2D eigenvalue weighted by molar-refractivity contribution is 0.269. The molecule has 0 aliphatic carbocycles. The van der Waals surface area contributed by atoms with Crippen LogP contribution < -0.4 is 0 Å². The van der Waals surface area contributed by atoms with Gasteiger partial charge in [-0.1, -0.05) is 12.2 Å². The van der Waals surface area contributed by atoms with Gasteiger partial charge in [-0.2, -0.15) is 0 Å². The second-order valence-corrected chi connectivity index (χ2v) is 2.10. The van der Waals surface area contributed by atoms with Gasteiger partial charge in [-0.15, -0.1) is 0 Å². The molecule has 0 aliphatic heterocycles. The van der Waals surface area contributed by atoms with Crippen LogP contribution in [0.25, 0.3) is 0 Å². The van der Waals surface area contributed by atoms with E-state index in [-0.39, 0.29) is 0 Å². The van der Waals surface area contributed by atoms with Crippen molar-refractivity contribution in [3.8, 4) is 0 Å². The van der Waals surface area contributed by atoms with Gasteiger partial charge in [-0.05, 0) is 20.8 Å². The predicted octanol–water partition coefficient (Wildman–Crippen LogP) is 1.82. The number of allylic oxidation sites excluding steroid dienone is 2. The molecule has 0 atom stereocenters. The molecule has 4 heteroatoms. The number of rotatable bonds is 2. The molecule has 0 saturated heterocycles. The minimum atomic E-state index is -2.10. The van der Waals surface area contributed by atoms with Gasteiger partial charge < -0.3 is 14.3 Å². The Labute approximate surface area is 63.3 Å². The Kier molecular flexibility index (Phi) is 15.0. The second-order valence-electron chi connectivity index (χ2n) is 1.34. The zero-order valence-electron chi connectivity index (χ0n) is 6.61. The minimum absolute atomic E-state index is 0.360. The van der Waals surface area contributed by atoms with Crippen molar-refractivity contribution in [3.63, 3.8) is 0 Å². The van der Waals surface area contributed by atoms with Crippen LogP contribution in [0.5, 0.6) is 0 Å². The summed E-state index contributed by atoms with van der Waals surface area (Å²) in [6.07, 6.45) is 4.00. The summed E-state index contributed by atoms with van der Waals surface area (Å²) in [6.45, 7) is 6.06. The van der Waals surface area contributed by atoms with Gasteiger partial charge in [0.1, 0.15) is 0 Å². The van der Waals surface area contributed by atoms with E-state index >= 15 is 0 Å². The lowest BCUT2D eigenvalue weighted by atomic mass is 10.6. The molecule has 0 heterocycles. The van der Waals surface area contributed by atoms with Crippen LogP contribution in [0.2, 0.25) is 0 Å². The van der Waals surface area contributed by atoms with E-state index in [1.165, 1.54) is 0 Å². The maximum atomic E-state index is 7.95. The molecule has 62 valence electrons. The molecular weight excluding hydrogens is 151 g/mol. The maximum absolute atomic E-state index is 7.95. The first-order valence-corrected chi connectivity index (χ1v) is 4.23. The fraction of sp³-hybridized carbons (Fsp3) is 0.667. The van der Waals surface area contributed by atoms with Crippen LogP contribution in [0, 0.1) is 0 Å². The third kappa shape index (κ3) is 24.4. The average molecular weight is 166 g/mol. The first-order valence-electron chi connectivity index (χ1n) is 3.07. The molecule has 10 heavy (non-hydrogen) atoms. The van der Waals surface area contributed by atoms with Crippen molar-refractivity contribution >= 4 is 8.60 Å². The van der Waals surface area contributed by atoms with Crippen molar-refractivity contribution in [2.75, 3.05) is 6.61 Å². The smallest absolute Gasteiger partial charge is 0.327 e. The Morgan fingerprint density at radius 2 is 1.70 bits per heavy atom. The van der Waals surface area contributed by atoms with Gasteiger partial charge in [0.2, 0.25) is 0 Å². The van der Waals surface area contributed by atoms with E-state index in [2.05, 4.69) is 4.52 Å². The molecule has 0 radical (unpaired) electrons. The predicted molar refractivity (Wildman–Crippen MR) is 43.5 cm³/mol.